The summed E-state index contributed by atoms with van der Waals surface area (Å²) < 4.78 is 29.7. The van der Waals surface area contributed by atoms with Gasteiger partial charge in [0.15, 0.2) is 0 Å². The standard InChI is InChI=1S/C44H69NO12/c1-10-13-31-19-25(2)18-26(3)20-37(54-8)40-38(55-9)22-28(5)44(52,57-40)41(49)42(50)45-17-12-11-14-32(45)43(51)56-39(29(6)34(47)24-35(31)48)27(4)21-30-15-16-33(46)36(23-30)53-7/h10,19,21,26,28-34,36-40,46-47,52H,1,11-18,20,22-24H2,2-9H3/b25-19+,27-21+/t26?,28-,29?,30?,31?,32?,33?,34?,36-,37?,38+,39?,40?,44-/m1/s1. The molecule has 10 unspecified atom stereocenters. The van der Waals surface area contributed by atoms with Crippen LogP contribution in [0.25, 0.3) is 0 Å². The van der Waals surface area contributed by atoms with E-state index < -0.39 is 83.9 Å². The molecule has 13 heteroatoms. The van der Waals surface area contributed by atoms with E-state index in [0.717, 1.165) is 5.57 Å². The van der Waals surface area contributed by atoms with Crippen molar-refractivity contribution in [1.82, 2.24) is 4.90 Å². The third kappa shape index (κ3) is 11.3. The molecular formula is C44H69NO12. The molecule has 0 aromatic rings. The molecule has 3 N–H and O–H groups in total. The molecule has 3 heterocycles. The lowest BCUT2D eigenvalue weighted by atomic mass is 9.81. The highest BCUT2D eigenvalue weighted by Crippen LogP contribution is 2.39. The van der Waals surface area contributed by atoms with Crippen LogP contribution in [0.4, 0.5) is 0 Å². The highest BCUT2D eigenvalue weighted by Gasteiger charge is 2.56. The Labute approximate surface area is 339 Å². The number of Topliss-reactive ketones (excluding diaryl/α,β-unsaturated/α-hetero) is 2. The van der Waals surface area contributed by atoms with Crippen LogP contribution < -0.4 is 0 Å². The van der Waals surface area contributed by atoms with Gasteiger partial charge in [-0.2, -0.15) is 0 Å². The second-order valence-corrected chi connectivity index (χ2v) is 17.3. The number of carbonyl (C=O) groups excluding carboxylic acids is 4. The second-order valence-electron chi connectivity index (χ2n) is 17.3. The van der Waals surface area contributed by atoms with Crippen LogP contribution in [0.2, 0.25) is 0 Å². The lowest BCUT2D eigenvalue weighted by molar-refractivity contribution is -0.302. The van der Waals surface area contributed by atoms with Crippen LogP contribution in [0.5, 0.6) is 0 Å². The Morgan fingerprint density at radius 1 is 0.930 bits per heavy atom. The van der Waals surface area contributed by atoms with Crippen LogP contribution in [0.15, 0.2) is 36.0 Å². The zero-order chi connectivity index (χ0) is 42.2. The molecule has 4 rings (SSSR count). The maximum absolute atomic E-state index is 14.3. The van der Waals surface area contributed by atoms with E-state index in [1.807, 2.05) is 32.9 Å². The van der Waals surface area contributed by atoms with Crippen LogP contribution in [0.1, 0.15) is 105 Å². The summed E-state index contributed by atoms with van der Waals surface area (Å²) >= 11 is 0. The molecule has 2 saturated heterocycles. The highest BCUT2D eigenvalue weighted by molar-refractivity contribution is 6.39. The van der Waals surface area contributed by atoms with Gasteiger partial charge in [-0.1, -0.05) is 44.6 Å². The number of methoxy groups -OCH3 is 3. The van der Waals surface area contributed by atoms with E-state index in [0.29, 0.717) is 56.9 Å². The summed E-state index contributed by atoms with van der Waals surface area (Å²) in [5.41, 5.74) is 1.61. The first-order valence-corrected chi connectivity index (χ1v) is 20.9. The number of carbonyl (C=O) groups is 4. The van der Waals surface area contributed by atoms with Crippen molar-refractivity contribution in [2.75, 3.05) is 27.9 Å². The van der Waals surface area contributed by atoms with E-state index in [9.17, 15) is 34.5 Å². The minimum Gasteiger partial charge on any atom is -0.456 e. The SMILES string of the molecule is C=CCC1/C=C(\C)CC(C)CC(OC)C2O[C@@](O)(C(=O)C(=O)N3CCCCC3C(=O)OC(/C(C)=C/C3CCC(O)[C@H](OC)C3)C(C)C(O)CC1=O)[C@H](C)C[C@@H]2OC. The number of rotatable bonds is 7. The van der Waals surface area contributed by atoms with Crippen molar-refractivity contribution in [2.45, 2.75) is 160 Å². The van der Waals surface area contributed by atoms with Gasteiger partial charge in [0, 0.05) is 52.0 Å². The van der Waals surface area contributed by atoms with Gasteiger partial charge in [0.2, 0.25) is 5.79 Å². The van der Waals surface area contributed by atoms with Gasteiger partial charge in [-0.15, -0.1) is 6.58 Å². The first-order chi connectivity index (χ1) is 27.0. The molecule has 0 radical (unpaired) electrons. The Balaban J connectivity index is 1.78. The quantitative estimate of drug-likeness (QED) is 0.185. The summed E-state index contributed by atoms with van der Waals surface area (Å²) in [6.07, 6.45) is 4.93. The monoisotopic (exact) mass is 803 g/mol. The number of fused-ring (bicyclic) bond motifs is 3. The van der Waals surface area contributed by atoms with E-state index in [4.69, 9.17) is 23.7 Å². The fourth-order valence-electron chi connectivity index (χ4n) is 9.42. The number of ketones is 2. The average Bonchev–Trinajstić information content (AvgIpc) is 3.18. The average molecular weight is 804 g/mol. The summed E-state index contributed by atoms with van der Waals surface area (Å²) in [5.74, 6) is -7.76. The zero-order valence-electron chi connectivity index (χ0n) is 35.4. The number of ether oxygens (including phenoxy) is 5. The van der Waals surface area contributed by atoms with Crippen LogP contribution >= 0.6 is 0 Å². The molecule has 14 atom stereocenters. The number of nitrogens with zero attached hydrogens (tertiary/aromatic N) is 1. The number of cyclic esters (lactones) is 1. The Morgan fingerprint density at radius 3 is 2.25 bits per heavy atom. The predicted octanol–water partition coefficient (Wildman–Crippen LogP) is 4.64. The topological polar surface area (TPSA) is 178 Å². The molecule has 1 saturated carbocycles. The maximum Gasteiger partial charge on any atom is 0.329 e. The molecular weight excluding hydrogens is 734 g/mol. The molecule has 57 heavy (non-hydrogen) atoms. The predicted molar refractivity (Wildman–Crippen MR) is 213 cm³/mol. The van der Waals surface area contributed by atoms with Crippen molar-refractivity contribution in [1.29, 1.82) is 0 Å². The third-order valence-electron chi connectivity index (χ3n) is 12.9. The Morgan fingerprint density at radius 2 is 1.60 bits per heavy atom. The van der Waals surface area contributed by atoms with Crippen molar-refractivity contribution in [3.8, 4) is 0 Å². The van der Waals surface area contributed by atoms with E-state index >= 15 is 0 Å². The number of amides is 1. The molecule has 13 nitrogen and oxygen atoms in total. The maximum atomic E-state index is 14.3. The summed E-state index contributed by atoms with van der Waals surface area (Å²) in [6.45, 7) is 13.1. The van der Waals surface area contributed by atoms with E-state index in [1.54, 1.807) is 27.0 Å². The second kappa shape index (κ2) is 21.0. The molecule has 1 aliphatic carbocycles. The summed E-state index contributed by atoms with van der Waals surface area (Å²) in [6, 6.07) is -1.14. The number of aliphatic hydroxyl groups is 3. The molecule has 3 aliphatic heterocycles. The Bertz CT molecular complexity index is 1480. The molecule has 1 amide bonds. The largest absolute Gasteiger partial charge is 0.456 e. The Kier molecular flexibility index (Phi) is 17.2. The number of esters is 1. The molecule has 0 spiro atoms. The van der Waals surface area contributed by atoms with Gasteiger partial charge in [0.05, 0.1) is 30.5 Å². The van der Waals surface area contributed by atoms with Crippen LogP contribution in [-0.4, -0.2) is 126 Å². The van der Waals surface area contributed by atoms with Crippen molar-refractivity contribution >= 4 is 23.4 Å². The summed E-state index contributed by atoms with van der Waals surface area (Å²) in [7, 11) is 4.61. The molecule has 2 bridgehead atoms. The lowest BCUT2D eigenvalue weighted by Crippen LogP contribution is -2.64. The van der Waals surface area contributed by atoms with E-state index in [2.05, 4.69) is 6.58 Å². The number of allylic oxidation sites excluding steroid dienone is 4. The fourth-order valence-corrected chi connectivity index (χ4v) is 9.42. The Hall–Kier alpha value is -2.78. The third-order valence-corrected chi connectivity index (χ3v) is 12.9. The minimum absolute atomic E-state index is 0.00988. The molecule has 4 aliphatic rings. The van der Waals surface area contributed by atoms with Gasteiger partial charge < -0.3 is 43.9 Å². The summed E-state index contributed by atoms with van der Waals surface area (Å²) in [5, 5.41) is 34.1. The van der Waals surface area contributed by atoms with E-state index in [-0.39, 0.29) is 49.5 Å². The lowest BCUT2D eigenvalue weighted by Gasteiger charge is -2.47. The van der Waals surface area contributed by atoms with Gasteiger partial charge in [-0.05, 0) is 95.5 Å². The molecule has 3 fully saturated rings. The zero-order valence-corrected chi connectivity index (χ0v) is 35.4. The first kappa shape index (κ1) is 46.9. The van der Waals surface area contributed by atoms with Crippen LogP contribution in [0, 0.1) is 29.6 Å². The van der Waals surface area contributed by atoms with Gasteiger partial charge in [0.1, 0.15) is 24.0 Å². The number of hydrogen-bond donors (Lipinski definition) is 3. The van der Waals surface area contributed by atoms with Gasteiger partial charge in [-0.25, -0.2) is 4.79 Å². The van der Waals surface area contributed by atoms with Crippen molar-refractivity contribution in [3.05, 3.63) is 36.0 Å². The van der Waals surface area contributed by atoms with E-state index in [1.165, 1.54) is 19.1 Å². The van der Waals surface area contributed by atoms with Crippen LogP contribution in [-0.2, 0) is 42.9 Å². The normalized spacial score (nSPS) is 41.0. The highest BCUT2D eigenvalue weighted by atomic mass is 16.7. The van der Waals surface area contributed by atoms with Crippen molar-refractivity contribution < 1.29 is 58.2 Å². The summed E-state index contributed by atoms with van der Waals surface area (Å²) in [4.78, 5) is 57.8. The molecule has 0 aromatic carbocycles. The van der Waals surface area contributed by atoms with Crippen molar-refractivity contribution in [3.63, 3.8) is 0 Å². The van der Waals surface area contributed by atoms with Crippen LogP contribution in [0.3, 0.4) is 0 Å². The minimum atomic E-state index is -2.51. The number of piperidine rings is 1. The fraction of sp³-hybridized carbons (Fsp3) is 0.773. The van der Waals surface area contributed by atoms with Gasteiger partial charge >= 0.3 is 5.97 Å². The van der Waals surface area contributed by atoms with Gasteiger partial charge in [0.25, 0.3) is 11.7 Å². The smallest absolute Gasteiger partial charge is 0.329 e. The first-order valence-electron chi connectivity index (χ1n) is 20.9. The number of hydrogen-bond acceptors (Lipinski definition) is 12. The van der Waals surface area contributed by atoms with Gasteiger partial charge in [-0.3, -0.25) is 14.4 Å². The molecule has 0 aromatic heterocycles. The molecule has 322 valence electrons. The number of aliphatic hydroxyl groups excluding tert-OH is 2. The van der Waals surface area contributed by atoms with Crippen molar-refractivity contribution in [2.24, 2.45) is 29.6 Å².